The van der Waals surface area contributed by atoms with Crippen LogP contribution in [0.5, 0.6) is 0 Å². The van der Waals surface area contributed by atoms with Crippen molar-refractivity contribution in [1.29, 1.82) is 0 Å². The number of hydrogen-bond donors (Lipinski definition) is 2. The van der Waals surface area contributed by atoms with E-state index in [0.717, 1.165) is 17.8 Å². The smallest absolute Gasteiger partial charge is 0.272 e. The van der Waals surface area contributed by atoms with Gasteiger partial charge in [0.1, 0.15) is 5.69 Å². The summed E-state index contributed by atoms with van der Waals surface area (Å²) in [6.07, 6.45) is 2.36. The number of fused-ring (bicyclic) bond motifs is 1. The standard InChI is InChI=1S/C15H16N6O2/c1-9-6-13-17-12(7-14(22)21(13)19-9)10-3-5-20(8-10)15(23)11-2-4-16-18-11/h2,4,6-7,10,19H,3,5,8H2,1H3,(H,16,18)/t10-/m0/s1. The number of amides is 1. The molecule has 1 amide bonds. The molecular formula is C15H16N6O2. The molecule has 3 aromatic rings. The van der Waals surface area contributed by atoms with Gasteiger partial charge in [-0.05, 0) is 19.4 Å². The minimum Gasteiger partial charge on any atom is -0.337 e. The molecule has 4 heterocycles. The Hall–Kier alpha value is -2.90. The van der Waals surface area contributed by atoms with Gasteiger partial charge in [-0.25, -0.2) is 9.50 Å². The third-order valence-electron chi connectivity index (χ3n) is 4.22. The molecule has 0 aromatic carbocycles. The van der Waals surface area contributed by atoms with Crippen LogP contribution >= 0.6 is 0 Å². The van der Waals surface area contributed by atoms with E-state index in [-0.39, 0.29) is 17.4 Å². The fourth-order valence-electron chi connectivity index (χ4n) is 3.07. The van der Waals surface area contributed by atoms with Crippen molar-refractivity contribution in [3.8, 4) is 0 Å². The molecule has 4 rings (SSSR count). The lowest BCUT2D eigenvalue weighted by Crippen LogP contribution is -2.29. The summed E-state index contributed by atoms with van der Waals surface area (Å²) in [6, 6.07) is 5.06. The number of aryl methyl sites for hydroxylation is 1. The zero-order valence-corrected chi connectivity index (χ0v) is 12.6. The maximum atomic E-state index is 12.3. The molecule has 1 atom stereocenters. The number of aromatic amines is 2. The molecule has 1 saturated heterocycles. The van der Waals surface area contributed by atoms with E-state index in [4.69, 9.17) is 0 Å². The first kappa shape index (κ1) is 13.7. The van der Waals surface area contributed by atoms with Crippen LogP contribution in [0.3, 0.4) is 0 Å². The first-order valence-corrected chi connectivity index (χ1v) is 7.50. The Bertz CT molecular complexity index is 923. The van der Waals surface area contributed by atoms with Gasteiger partial charge in [0.25, 0.3) is 11.5 Å². The van der Waals surface area contributed by atoms with Crippen LogP contribution in [0.25, 0.3) is 5.65 Å². The van der Waals surface area contributed by atoms with Crippen molar-refractivity contribution in [3.05, 3.63) is 51.8 Å². The number of rotatable bonds is 2. The molecular weight excluding hydrogens is 296 g/mol. The predicted molar refractivity (Wildman–Crippen MR) is 82.4 cm³/mol. The lowest BCUT2D eigenvalue weighted by molar-refractivity contribution is 0.0785. The van der Waals surface area contributed by atoms with Gasteiger partial charge in [0.05, 0.1) is 5.69 Å². The average molecular weight is 312 g/mol. The number of hydrogen-bond acceptors (Lipinski definition) is 4. The average Bonchev–Trinajstić information content (AvgIpc) is 3.26. The van der Waals surface area contributed by atoms with Crippen LogP contribution in [-0.2, 0) is 0 Å². The molecule has 23 heavy (non-hydrogen) atoms. The highest BCUT2D eigenvalue weighted by atomic mass is 16.2. The van der Waals surface area contributed by atoms with Crippen molar-refractivity contribution in [2.24, 2.45) is 0 Å². The lowest BCUT2D eigenvalue weighted by atomic mass is 10.0. The first-order valence-electron chi connectivity index (χ1n) is 7.50. The summed E-state index contributed by atoms with van der Waals surface area (Å²) in [4.78, 5) is 30.8. The Morgan fingerprint density at radius 3 is 3.04 bits per heavy atom. The minimum absolute atomic E-state index is 0.0692. The van der Waals surface area contributed by atoms with E-state index >= 15 is 0 Å². The van der Waals surface area contributed by atoms with Gasteiger partial charge in [0.2, 0.25) is 0 Å². The van der Waals surface area contributed by atoms with Crippen LogP contribution in [0.15, 0.2) is 29.2 Å². The summed E-state index contributed by atoms with van der Waals surface area (Å²) in [7, 11) is 0. The van der Waals surface area contributed by atoms with Crippen molar-refractivity contribution in [3.63, 3.8) is 0 Å². The second kappa shape index (κ2) is 5.08. The molecule has 0 spiro atoms. The topological polar surface area (TPSA) is 99.2 Å². The molecule has 8 nitrogen and oxygen atoms in total. The van der Waals surface area contributed by atoms with Crippen LogP contribution in [0.4, 0.5) is 0 Å². The number of likely N-dealkylation sites (tertiary alicyclic amines) is 1. The van der Waals surface area contributed by atoms with Crippen LogP contribution in [-0.4, -0.2) is 48.7 Å². The minimum atomic E-state index is -0.128. The summed E-state index contributed by atoms with van der Waals surface area (Å²) in [5, 5.41) is 9.45. The van der Waals surface area contributed by atoms with Gasteiger partial charge in [-0.1, -0.05) is 0 Å². The van der Waals surface area contributed by atoms with E-state index < -0.39 is 0 Å². The molecule has 0 saturated carbocycles. The maximum Gasteiger partial charge on any atom is 0.272 e. The quantitative estimate of drug-likeness (QED) is 0.727. The fraction of sp³-hybridized carbons (Fsp3) is 0.333. The molecule has 1 fully saturated rings. The number of nitrogens with one attached hydrogen (secondary N) is 2. The Balaban J connectivity index is 1.60. The Labute approximate surface area is 131 Å². The lowest BCUT2D eigenvalue weighted by Gasteiger charge is -2.15. The highest BCUT2D eigenvalue weighted by molar-refractivity contribution is 5.92. The van der Waals surface area contributed by atoms with E-state index in [9.17, 15) is 9.59 Å². The zero-order valence-electron chi connectivity index (χ0n) is 12.6. The van der Waals surface area contributed by atoms with E-state index in [0.29, 0.717) is 24.4 Å². The Morgan fingerprint density at radius 1 is 1.39 bits per heavy atom. The van der Waals surface area contributed by atoms with Gasteiger partial charge >= 0.3 is 0 Å². The van der Waals surface area contributed by atoms with Gasteiger partial charge < -0.3 is 4.90 Å². The monoisotopic (exact) mass is 312 g/mol. The van der Waals surface area contributed by atoms with Gasteiger partial charge in [0.15, 0.2) is 5.65 Å². The molecule has 8 heteroatoms. The summed E-state index contributed by atoms with van der Waals surface area (Å²) in [5.74, 6) is 0.00932. The van der Waals surface area contributed by atoms with Gasteiger partial charge in [-0.15, -0.1) is 0 Å². The first-order chi connectivity index (χ1) is 11.1. The van der Waals surface area contributed by atoms with Crippen molar-refractivity contribution in [2.45, 2.75) is 19.3 Å². The molecule has 0 radical (unpaired) electrons. The van der Waals surface area contributed by atoms with E-state index in [1.54, 1.807) is 23.2 Å². The SMILES string of the molecule is Cc1cc2nc([C@H]3CCN(C(=O)c4ccn[nH]4)C3)cc(=O)n2[nH]1. The van der Waals surface area contributed by atoms with Gasteiger partial charge in [0, 0.05) is 43.0 Å². The summed E-state index contributed by atoms with van der Waals surface area (Å²) < 4.78 is 1.43. The van der Waals surface area contributed by atoms with E-state index in [2.05, 4.69) is 20.3 Å². The Morgan fingerprint density at radius 2 is 2.26 bits per heavy atom. The van der Waals surface area contributed by atoms with Gasteiger partial charge in [-0.3, -0.25) is 19.8 Å². The van der Waals surface area contributed by atoms with Crippen molar-refractivity contribution < 1.29 is 4.79 Å². The number of H-pyrrole nitrogens is 2. The molecule has 0 unspecified atom stereocenters. The summed E-state index contributed by atoms with van der Waals surface area (Å²) in [5.41, 5.74) is 2.60. The summed E-state index contributed by atoms with van der Waals surface area (Å²) in [6.45, 7) is 3.09. The van der Waals surface area contributed by atoms with Crippen molar-refractivity contribution >= 4 is 11.6 Å². The molecule has 2 N–H and O–H groups in total. The number of nitrogens with zero attached hydrogens (tertiary/aromatic N) is 4. The number of carbonyl (C=O) groups excluding carboxylic acids is 1. The normalized spacial score (nSPS) is 18.0. The molecule has 1 aliphatic rings. The molecule has 0 bridgehead atoms. The van der Waals surface area contributed by atoms with Crippen molar-refractivity contribution in [1.82, 2.24) is 29.7 Å². The van der Waals surface area contributed by atoms with Crippen LogP contribution in [0, 0.1) is 6.92 Å². The molecule has 3 aromatic heterocycles. The van der Waals surface area contributed by atoms with E-state index in [1.165, 1.54) is 4.52 Å². The van der Waals surface area contributed by atoms with Crippen LogP contribution < -0.4 is 5.56 Å². The van der Waals surface area contributed by atoms with Gasteiger partial charge in [-0.2, -0.15) is 5.10 Å². The third-order valence-corrected chi connectivity index (χ3v) is 4.22. The second-order valence-corrected chi connectivity index (χ2v) is 5.86. The molecule has 118 valence electrons. The van der Waals surface area contributed by atoms with Crippen molar-refractivity contribution in [2.75, 3.05) is 13.1 Å². The van der Waals surface area contributed by atoms with Crippen LogP contribution in [0.2, 0.25) is 0 Å². The maximum absolute atomic E-state index is 12.3. The van der Waals surface area contributed by atoms with Crippen LogP contribution in [0.1, 0.15) is 34.2 Å². The Kier molecular flexibility index (Phi) is 3.03. The highest BCUT2D eigenvalue weighted by Crippen LogP contribution is 2.26. The summed E-state index contributed by atoms with van der Waals surface area (Å²) >= 11 is 0. The second-order valence-electron chi connectivity index (χ2n) is 5.86. The largest absolute Gasteiger partial charge is 0.337 e. The zero-order chi connectivity index (χ0) is 16.0. The highest BCUT2D eigenvalue weighted by Gasteiger charge is 2.29. The van der Waals surface area contributed by atoms with E-state index in [1.807, 2.05) is 13.0 Å². The third kappa shape index (κ3) is 2.32. The molecule has 1 aliphatic heterocycles. The molecule has 0 aliphatic carbocycles. The number of aromatic nitrogens is 5. The fourth-order valence-corrected chi connectivity index (χ4v) is 3.07. The number of carbonyl (C=O) groups is 1. The predicted octanol–water partition coefficient (Wildman–Crippen LogP) is 0.684.